The summed E-state index contributed by atoms with van der Waals surface area (Å²) in [5.74, 6) is 0.764. The molecule has 0 radical (unpaired) electrons. The summed E-state index contributed by atoms with van der Waals surface area (Å²) in [6.07, 6.45) is 3.53. The molecule has 0 aliphatic rings. The molecule has 2 rings (SSSR count). The number of nitrogens with zero attached hydrogens (tertiary/aromatic N) is 2. The van der Waals surface area contributed by atoms with Gasteiger partial charge in [0.2, 0.25) is 0 Å². The fourth-order valence-electron chi connectivity index (χ4n) is 2.29. The number of hydrogen-bond acceptors (Lipinski definition) is 2. The van der Waals surface area contributed by atoms with E-state index in [1.165, 1.54) is 12.8 Å². The predicted molar refractivity (Wildman–Crippen MR) is 74.5 cm³/mol. The first kappa shape index (κ1) is 13.1. The third kappa shape index (κ3) is 2.56. The van der Waals surface area contributed by atoms with Gasteiger partial charge in [-0.15, -0.1) is 0 Å². The number of rotatable bonds is 5. The molecule has 0 spiro atoms. The average Bonchev–Trinajstić information content (AvgIpc) is 2.69. The molecule has 1 aromatic carbocycles. The first-order chi connectivity index (χ1) is 8.54. The van der Waals surface area contributed by atoms with Gasteiger partial charge in [-0.3, -0.25) is 0 Å². The van der Waals surface area contributed by atoms with Crippen molar-refractivity contribution in [2.75, 3.05) is 0 Å². The zero-order valence-corrected chi connectivity index (χ0v) is 11.5. The van der Waals surface area contributed by atoms with Crippen molar-refractivity contribution in [1.29, 1.82) is 0 Å². The number of imidazole rings is 1. The van der Waals surface area contributed by atoms with Crippen molar-refractivity contribution < 1.29 is 5.11 Å². The Bertz CT molecular complexity index is 523. The Balaban J connectivity index is 2.44. The van der Waals surface area contributed by atoms with Crippen molar-refractivity contribution >= 4 is 11.0 Å². The number of hydrogen-bond donors (Lipinski definition) is 1. The number of aryl methyl sites for hydroxylation is 1. The molecule has 18 heavy (non-hydrogen) atoms. The molecule has 0 aliphatic carbocycles. The monoisotopic (exact) mass is 246 g/mol. The van der Waals surface area contributed by atoms with Crippen molar-refractivity contribution in [2.24, 2.45) is 0 Å². The van der Waals surface area contributed by atoms with Crippen molar-refractivity contribution in [3.05, 3.63) is 30.1 Å². The van der Waals surface area contributed by atoms with Crippen LogP contribution in [0.5, 0.6) is 0 Å². The minimum absolute atomic E-state index is 0.764. The van der Waals surface area contributed by atoms with Crippen LogP contribution in [-0.4, -0.2) is 14.7 Å². The predicted octanol–water partition coefficient (Wildman–Crippen LogP) is 3.45. The number of aliphatic hydroxyl groups is 1. The van der Waals surface area contributed by atoms with E-state index in [1.54, 1.807) is 13.8 Å². The van der Waals surface area contributed by atoms with Gasteiger partial charge in [0, 0.05) is 6.54 Å². The Hall–Kier alpha value is -1.35. The lowest BCUT2D eigenvalue weighted by molar-refractivity contribution is 0.0651. The van der Waals surface area contributed by atoms with Gasteiger partial charge in [0.25, 0.3) is 0 Å². The molecule has 0 saturated carbocycles. The molecule has 0 atom stereocenters. The van der Waals surface area contributed by atoms with Crippen molar-refractivity contribution in [2.45, 2.75) is 52.2 Å². The third-order valence-electron chi connectivity index (χ3n) is 3.19. The molecule has 0 bridgehead atoms. The van der Waals surface area contributed by atoms with Crippen LogP contribution in [0.3, 0.4) is 0 Å². The molecular formula is C15H22N2O. The van der Waals surface area contributed by atoms with E-state index in [1.807, 2.05) is 18.2 Å². The molecule has 1 aromatic heterocycles. The second kappa shape index (κ2) is 5.11. The highest BCUT2D eigenvalue weighted by Crippen LogP contribution is 2.25. The number of unbranched alkanes of at least 4 members (excludes halogenated alkanes) is 2. The molecule has 0 amide bonds. The van der Waals surface area contributed by atoms with Gasteiger partial charge in [-0.25, -0.2) is 4.98 Å². The number of aromatic nitrogens is 2. The highest BCUT2D eigenvalue weighted by molar-refractivity contribution is 5.76. The van der Waals surface area contributed by atoms with E-state index in [0.29, 0.717) is 0 Å². The van der Waals surface area contributed by atoms with Crippen LogP contribution in [0.2, 0.25) is 0 Å². The summed E-state index contributed by atoms with van der Waals surface area (Å²) in [7, 11) is 0. The van der Waals surface area contributed by atoms with Gasteiger partial charge in [-0.2, -0.15) is 0 Å². The Morgan fingerprint density at radius 1 is 1.22 bits per heavy atom. The zero-order valence-electron chi connectivity index (χ0n) is 11.5. The topological polar surface area (TPSA) is 38.0 Å². The fraction of sp³-hybridized carbons (Fsp3) is 0.533. The minimum Gasteiger partial charge on any atom is -0.383 e. The summed E-state index contributed by atoms with van der Waals surface area (Å²) in [4.78, 5) is 4.58. The van der Waals surface area contributed by atoms with E-state index in [4.69, 9.17) is 0 Å². The third-order valence-corrected chi connectivity index (χ3v) is 3.19. The molecule has 1 N–H and O–H groups in total. The van der Waals surface area contributed by atoms with Crippen LogP contribution in [0, 0.1) is 0 Å². The lowest BCUT2D eigenvalue weighted by atomic mass is 10.1. The van der Waals surface area contributed by atoms with Gasteiger partial charge >= 0.3 is 0 Å². The van der Waals surface area contributed by atoms with Crippen molar-refractivity contribution in [1.82, 2.24) is 9.55 Å². The van der Waals surface area contributed by atoms with Crippen LogP contribution < -0.4 is 0 Å². The minimum atomic E-state index is -0.898. The second-order valence-corrected chi connectivity index (χ2v) is 5.34. The Morgan fingerprint density at radius 3 is 2.61 bits per heavy atom. The Kier molecular flexibility index (Phi) is 3.71. The molecule has 0 fully saturated rings. The van der Waals surface area contributed by atoms with Gasteiger partial charge in [-0.05, 0) is 32.4 Å². The maximum absolute atomic E-state index is 10.2. The van der Waals surface area contributed by atoms with Crippen molar-refractivity contribution in [3.8, 4) is 0 Å². The van der Waals surface area contributed by atoms with Crippen LogP contribution in [0.25, 0.3) is 11.0 Å². The normalized spacial score (nSPS) is 12.2. The summed E-state index contributed by atoms with van der Waals surface area (Å²) in [6.45, 7) is 6.71. The number of fused-ring (bicyclic) bond motifs is 1. The quantitative estimate of drug-likeness (QED) is 0.820. The van der Waals surface area contributed by atoms with Crippen LogP contribution in [0.1, 0.15) is 45.9 Å². The molecule has 2 aromatic rings. The summed E-state index contributed by atoms with van der Waals surface area (Å²) < 4.78 is 2.16. The second-order valence-electron chi connectivity index (χ2n) is 5.34. The first-order valence-corrected chi connectivity index (χ1v) is 6.72. The van der Waals surface area contributed by atoms with E-state index in [-0.39, 0.29) is 0 Å². The largest absolute Gasteiger partial charge is 0.383 e. The van der Waals surface area contributed by atoms with Gasteiger partial charge in [0.1, 0.15) is 11.4 Å². The van der Waals surface area contributed by atoms with E-state index >= 15 is 0 Å². The lowest BCUT2D eigenvalue weighted by Crippen LogP contribution is -2.22. The van der Waals surface area contributed by atoms with E-state index in [0.717, 1.165) is 29.8 Å². The molecule has 98 valence electrons. The van der Waals surface area contributed by atoms with Crippen LogP contribution >= 0.6 is 0 Å². The first-order valence-electron chi connectivity index (χ1n) is 6.72. The standard InChI is InChI=1S/C15H22N2O/c1-4-5-8-11-17-13-10-7-6-9-12(13)16-14(17)15(2,3)18/h6-7,9-10,18H,4-5,8,11H2,1-3H3. The smallest absolute Gasteiger partial charge is 0.141 e. The molecule has 3 nitrogen and oxygen atoms in total. The van der Waals surface area contributed by atoms with Gasteiger partial charge in [0.05, 0.1) is 11.0 Å². The molecule has 1 heterocycles. The molecule has 0 aliphatic heterocycles. The zero-order chi connectivity index (χ0) is 13.2. The summed E-state index contributed by atoms with van der Waals surface area (Å²) in [5, 5.41) is 10.2. The van der Waals surface area contributed by atoms with Gasteiger partial charge in [0.15, 0.2) is 0 Å². The maximum atomic E-state index is 10.2. The van der Waals surface area contributed by atoms with Gasteiger partial charge < -0.3 is 9.67 Å². The Labute approximate surface area is 108 Å². The average molecular weight is 246 g/mol. The van der Waals surface area contributed by atoms with Crippen molar-refractivity contribution in [3.63, 3.8) is 0 Å². The van der Waals surface area contributed by atoms with E-state index in [2.05, 4.69) is 22.5 Å². The number of benzene rings is 1. The Morgan fingerprint density at radius 2 is 1.94 bits per heavy atom. The maximum Gasteiger partial charge on any atom is 0.141 e. The summed E-state index contributed by atoms with van der Waals surface area (Å²) in [6, 6.07) is 8.08. The summed E-state index contributed by atoms with van der Waals surface area (Å²) in [5.41, 5.74) is 1.18. The fourth-order valence-corrected chi connectivity index (χ4v) is 2.29. The van der Waals surface area contributed by atoms with Crippen LogP contribution in [-0.2, 0) is 12.1 Å². The summed E-state index contributed by atoms with van der Waals surface area (Å²) >= 11 is 0. The van der Waals surface area contributed by atoms with E-state index in [9.17, 15) is 5.11 Å². The molecule has 0 saturated heterocycles. The highest BCUT2D eigenvalue weighted by Gasteiger charge is 2.24. The SMILES string of the molecule is CCCCCn1c(C(C)(C)O)nc2ccccc21. The molecular weight excluding hydrogens is 224 g/mol. The van der Waals surface area contributed by atoms with E-state index < -0.39 is 5.60 Å². The van der Waals surface area contributed by atoms with Gasteiger partial charge in [-0.1, -0.05) is 31.9 Å². The number of para-hydroxylation sites is 2. The molecule has 0 unspecified atom stereocenters. The van der Waals surface area contributed by atoms with Crippen LogP contribution in [0.4, 0.5) is 0 Å². The molecule has 3 heteroatoms. The lowest BCUT2D eigenvalue weighted by Gasteiger charge is -2.19. The highest BCUT2D eigenvalue weighted by atomic mass is 16.3. The van der Waals surface area contributed by atoms with Crippen LogP contribution in [0.15, 0.2) is 24.3 Å².